The molecule has 0 radical (unpaired) electrons. The van der Waals surface area contributed by atoms with Gasteiger partial charge in [0.05, 0.1) is 19.5 Å². The number of nitrogens with zero attached hydrogens (tertiary/aromatic N) is 4. The van der Waals surface area contributed by atoms with Crippen LogP contribution >= 0.6 is 12.4 Å². The summed E-state index contributed by atoms with van der Waals surface area (Å²) in [6.45, 7) is 0.199. The summed E-state index contributed by atoms with van der Waals surface area (Å²) in [4.78, 5) is 6.50. The molecule has 0 bridgehead atoms. The number of nitrogens with two attached hydrogens (primary N) is 1. The number of rotatable bonds is 3. The Kier molecular flexibility index (Phi) is 4.90. The van der Waals surface area contributed by atoms with Gasteiger partial charge in [-0.25, -0.2) is 14.6 Å². The monoisotopic (exact) mass is 309 g/mol. The molecule has 0 aliphatic carbocycles. The molecule has 2 aromatic heterocycles. The SMILES string of the molecule is COc1nn(-c2cnc(C(F)(F)F)nc2)cc1CN.Cl. The zero-order valence-electron chi connectivity index (χ0n) is 10.3. The molecule has 0 saturated carbocycles. The van der Waals surface area contributed by atoms with E-state index in [-0.39, 0.29) is 24.6 Å². The van der Waals surface area contributed by atoms with E-state index in [1.54, 1.807) is 6.20 Å². The number of ether oxygens (including phenoxy) is 1. The lowest BCUT2D eigenvalue weighted by molar-refractivity contribution is -0.145. The molecule has 0 aliphatic heterocycles. The van der Waals surface area contributed by atoms with Crippen molar-refractivity contribution in [3.05, 3.63) is 30.0 Å². The van der Waals surface area contributed by atoms with Crippen LogP contribution in [0, 0.1) is 0 Å². The number of methoxy groups -OCH3 is 1. The topological polar surface area (TPSA) is 78.8 Å². The van der Waals surface area contributed by atoms with Crippen molar-refractivity contribution in [2.75, 3.05) is 7.11 Å². The minimum absolute atomic E-state index is 0. The van der Waals surface area contributed by atoms with Crippen LogP contribution in [0.25, 0.3) is 5.69 Å². The lowest BCUT2D eigenvalue weighted by Crippen LogP contribution is -2.11. The fourth-order valence-corrected chi connectivity index (χ4v) is 1.42. The molecule has 0 saturated heterocycles. The van der Waals surface area contributed by atoms with Crippen molar-refractivity contribution in [3.63, 3.8) is 0 Å². The molecule has 20 heavy (non-hydrogen) atoms. The highest BCUT2D eigenvalue weighted by atomic mass is 35.5. The second kappa shape index (κ2) is 6.06. The molecule has 0 fully saturated rings. The number of hydrogen-bond acceptors (Lipinski definition) is 5. The highest BCUT2D eigenvalue weighted by molar-refractivity contribution is 5.85. The molecule has 0 aromatic carbocycles. The summed E-state index contributed by atoms with van der Waals surface area (Å²) in [5.74, 6) is -0.892. The number of alkyl halides is 3. The van der Waals surface area contributed by atoms with Gasteiger partial charge in [0.1, 0.15) is 5.69 Å². The minimum Gasteiger partial charge on any atom is -0.480 e. The van der Waals surface area contributed by atoms with Crippen molar-refractivity contribution < 1.29 is 17.9 Å². The average Bonchev–Trinajstić information content (AvgIpc) is 2.81. The summed E-state index contributed by atoms with van der Waals surface area (Å²) in [6.07, 6.45) is -0.960. The molecule has 0 amide bonds. The Balaban J connectivity index is 0.00000200. The van der Waals surface area contributed by atoms with E-state index in [2.05, 4.69) is 15.1 Å². The molecule has 2 aromatic rings. The Morgan fingerprint density at radius 1 is 1.30 bits per heavy atom. The second-order valence-corrected chi connectivity index (χ2v) is 3.57. The smallest absolute Gasteiger partial charge is 0.451 e. The van der Waals surface area contributed by atoms with E-state index in [9.17, 15) is 13.2 Å². The van der Waals surface area contributed by atoms with Gasteiger partial charge in [-0.1, -0.05) is 0 Å². The van der Waals surface area contributed by atoms with Crippen LogP contribution in [0.5, 0.6) is 5.88 Å². The Morgan fingerprint density at radius 2 is 1.90 bits per heavy atom. The van der Waals surface area contributed by atoms with Crippen molar-refractivity contribution >= 4 is 12.4 Å². The van der Waals surface area contributed by atoms with Crippen LogP contribution in [0.15, 0.2) is 18.6 Å². The largest absolute Gasteiger partial charge is 0.480 e. The summed E-state index contributed by atoms with van der Waals surface area (Å²) in [6, 6.07) is 0. The van der Waals surface area contributed by atoms with Crippen LogP contribution in [-0.2, 0) is 12.7 Å². The van der Waals surface area contributed by atoms with Gasteiger partial charge in [0, 0.05) is 18.3 Å². The second-order valence-electron chi connectivity index (χ2n) is 3.57. The number of hydrogen-bond donors (Lipinski definition) is 1. The fraction of sp³-hybridized carbons (Fsp3) is 0.300. The summed E-state index contributed by atoms with van der Waals surface area (Å²) in [7, 11) is 1.43. The first-order valence-electron chi connectivity index (χ1n) is 5.18. The van der Waals surface area contributed by atoms with Gasteiger partial charge in [0.15, 0.2) is 0 Å². The Morgan fingerprint density at radius 3 is 2.30 bits per heavy atom. The Bertz CT molecular complexity index is 548. The lowest BCUT2D eigenvalue weighted by atomic mass is 10.3. The molecule has 0 unspecified atom stereocenters. The van der Waals surface area contributed by atoms with E-state index in [1.165, 1.54) is 11.8 Å². The van der Waals surface area contributed by atoms with Crippen molar-refractivity contribution in [1.82, 2.24) is 19.7 Å². The summed E-state index contributed by atoms with van der Waals surface area (Å²) < 4.78 is 43.2. The molecule has 6 nitrogen and oxygen atoms in total. The van der Waals surface area contributed by atoms with Gasteiger partial charge in [0.2, 0.25) is 11.7 Å². The van der Waals surface area contributed by atoms with Crippen molar-refractivity contribution in [1.29, 1.82) is 0 Å². The predicted octanol–water partition coefficient (Wildman–Crippen LogP) is 1.57. The van der Waals surface area contributed by atoms with Crippen LogP contribution in [0.4, 0.5) is 13.2 Å². The molecule has 0 atom stereocenters. The molecule has 2 rings (SSSR count). The van der Waals surface area contributed by atoms with Crippen molar-refractivity contribution in [2.45, 2.75) is 12.7 Å². The highest BCUT2D eigenvalue weighted by Gasteiger charge is 2.34. The number of aromatic nitrogens is 4. The third kappa shape index (κ3) is 3.17. The van der Waals surface area contributed by atoms with E-state index < -0.39 is 12.0 Å². The molecule has 110 valence electrons. The Labute approximate surface area is 118 Å². The van der Waals surface area contributed by atoms with Gasteiger partial charge < -0.3 is 10.5 Å². The minimum atomic E-state index is -4.57. The maximum atomic E-state index is 12.3. The normalized spacial score (nSPS) is 11.1. The van der Waals surface area contributed by atoms with Gasteiger partial charge in [0.25, 0.3) is 0 Å². The fourth-order valence-electron chi connectivity index (χ4n) is 1.42. The maximum absolute atomic E-state index is 12.3. The lowest BCUT2D eigenvalue weighted by Gasteiger charge is -2.05. The van der Waals surface area contributed by atoms with Gasteiger partial charge >= 0.3 is 6.18 Å². The first-order chi connectivity index (χ1) is 8.95. The van der Waals surface area contributed by atoms with E-state index in [4.69, 9.17) is 10.5 Å². The van der Waals surface area contributed by atoms with Crippen molar-refractivity contribution in [3.8, 4) is 11.6 Å². The van der Waals surface area contributed by atoms with Gasteiger partial charge in [-0.05, 0) is 0 Å². The summed E-state index contributed by atoms with van der Waals surface area (Å²) in [5.41, 5.74) is 6.40. The molecular weight excluding hydrogens is 299 g/mol. The van der Waals surface area contributed by atoms with Crippen LogP contribution < -0.4 is 10.5 Å². The molecule has 0 aliphatic rings. The van der Waals surface area contributed by atoms with E-state index >= 15 is 0 Å². The predicted molar refractivity (Wildman–Crippen MR) is 65.8 cm³/mol. The van der Waals surface area contributed by atoms with Crippen LogP contribution in [0.2, 0.25) is 0 Å². The molecule has 10 heteroatoms. The number of halogens is 4. The van der Waals surface area contributed by atoms with Crippen molar-refractivity contribution in [2.24, 2.45) is 5.73 Å². The summed E-state index contributed by atoms with van der Waals surface area (Å²) >= 11 is 0. The third-order valence-corrected chi connectivity index (χ3v) is 2.32. The van der Waals surface area contributed by atoms with Gasteiger partial charge in [-0.15, -0.1) is 17.5 Å². The van der Waals surface area contributed by atoms with E-state index in [0.29, 0.717) is 11.4 Å². The average molecular weight is 310 g/mol. The quantitative estimate of drug-likeness (QED) is 0.931. The zero-order valence-corrected chi connectivity index (χ0v) is 11.1. The molecule has 2 N–H and O–H groups in total. The molecule has 0 spiro atoms. The summed E-state index contributed by atoms with van der Waals surface area (Å²) in [5, 5.41) is 4.01. The standard InChI is InChI=1S/C10H10F3N5O.ClH/c1-19-8-6(2-14)5-18(17-8)7-3-15-9(16-4-7)10(11,12)13;/h3-5H,2,14H2,1H3;1H. The molecular formula is C10H11ClF3N5O. The van der Waals surface area contributed by atoms with Gasteiger partial charge in [-0.2, -0.15) is 13.2 Å². The Hall–Kier alpha value is -1.87. The van der Waals surface area contributed by atoms with E-state index in [1.807, 2.05) is 0 Å². The zero-order chi connectivity index (χ0) is 14.0. The molecule has 2 heterocycles. The first kappa shape index (κ1) is 16.2. The van der Waals surface area contributed by atoms with Crippen LogP contribution in [-0.4, -0.2) is 26.9 Å². The maximum Gasteiger partial charge on any atom is 0.451 e. The van der Waals surface area contributed by atoms with Crippen LogP contribution in [0.1, 0.15) is 11.4 Å². The van der Waals surface area contributed by atoms with E-state index in [0.717, 1.165) is 12.4 Å². The first-order valence-corrected chi connectivity index (χ1v) is 5.18. The van der Waals surface area contributed by atoms with Crippen LogP contribution in [0.3, 0.4) is 0 Å². The van der Waals surface area contributed by atoms with Gasteiger partial charge in [-0.3, -0.25) is 0 Å². The highest BCUT2D eigenvalue weighted by Crippen LogP contribution is 2.26. The third-order valence-electron chi connectivity index (χ3n) is 2.32.